The molecule has 2 nitrogen and oxygen atoms in total. The van der Waals surface area contributed by atoms with Crippen LogP contribution in [-0.4, -0.2) is 12.0 Å². The number of benzene rings is 1. The lowest BCUT2D eigenvalue weighted by Crippen LogP contribution is -1.92. The average Bonchev–Trinajstić information content (AvgIpc) is 2.50. The second-order valence-corrected chi connectivity index (χ2v) is 3.68. The van der Waals surface area contributed by atoms with Crippen molar-refractivity contribution >= 4 is 10.8 Å². The fraction of sp³-hybridized carbons (Fsp3) is 0.444. The number of hydrogen-bond acceptors (Lipinski definition) is 1. The summed E-state index contributed by atoms with van der Waals surface area (Å²) in [4.78, 5) is 7.25. The van der Waals surface area contributed by atoms with Crippen LogP contribution in [0.25, 0.3) is 15.6 Å². The van der Waals surface area contributed by atoms with Gasteiger partial charge in [0, 0.05) is 16.8 Å². The molecule has 0 aliphatic heterocycles. The number of aromatic nitrogens is 1. The molecular formula is C18H28N2. The number of pyridine rings is 1. The van der Waals surface area contributed by atoms with E-state index in [1.165, 1.54) is 23.4 Å². The van der Waals surface area contributed by atoms with Crippen LogP contribution in [0.4, 0.5) is 0 Å². The van der Waals surface area contributed by atoms with Gasteiger partial charge in [-0.05, 0) is 31.7 Å². The van der Waals surface area contributed by atoms with Crippen molar-refractivity contribution in [2.45, 2.75) is 48.5 Å². The van der Waals surface area contributed by atoms with E-state index in [0.717, 1.165) is 11.4 Å². The van der Waals surface area contributed by atoms with Gasteiger partial charge in [-0.3, -0.25) is 4.98 Å². The van der Waals surface area contributed by atoms with Crippen LogP contribution in [0.15, 0.2) is 24.3 Å². The van der Waals surface area contributed by atoms with Gasteiger partial charge < -0.3 is 4.85 Å². The smallest absolute Gasteiger partial charge is 0.205 e. The third-order valence-electron chi connectivity index (χ3n) is 2.60. The van der Waals surface area contributed by atoms with Crippen LogP contribution in [0, 0.1) is 27.3 Å². The van der Waals surface area contributed by atoms with Crippen LogP contribution < -0.4 is 0 Å². The second-order valence-electron chi connectivity index (χ2n) is 3.68. The first kappa shape index (κ1) is 20.4. The second kappa shape index (κ2) is 12.2. The maximum absolute atomic E-state index is 5.83. The summed E-state index contributed by atoms with van der Waals surface area (Å²) in [6.07, 6.45) is 0. The Morgan fingerprint density at radius 3 is 1.70 bits per heavy atom. The maximum Gasteiger partial charge on any atom is 0.205 e. The molecule has 0 fully saturated rings. The van der Waals surface area contributed by atoms with Gasteiger partial charge in [-0.2, -0.15) is 0 Å². The standard InChI is InChI=1S/C12H13N.C2H3N.2C2H6/c1-8-9(2)13-10(3)12-7-5-4-6-11(8)12;1-3-2;2*1-2/h4-7H,1-3H3;1H3;2*1-2H3. The molecule has 0 saturated carbocycles. The van der Waals surface area contributed by atoms with Gasteiger partial charge in [-0.1, -0.05) is 52.0 Å². The zero-order chi connectivity index (χ0) is 16.1. The highest BCUT2D eigenvalue weighted by molar-refractivity contribution is 5.87. The lowest BCUT2D eigenvalue weighted by atomic mass is 10.0. The number of fused-ring (bicyclic) bond motifs is 1. The molecule has 0 aliphatic carbocycles. The maximum atomic E-state index is 5.83. The molecule has 0 atom stereocenters. The molecule has 2 heteroatoms. The SMILES string of the molecule is CC.CC.Cc1nc(C)c2ccccc2c1C.[C-]#[N+]C. The number of rotatable bonds is 0. The first-order chi connectivity index (χ1) is 9.61. The van der Waals surface area contributed by atoms with E-state index in [9.17, 15) is 0 Å². The summed E-state index contributed by atoms with van der Waals surface area (Å²) in [6, 6.07) is 8.43. The van der Waals surface area contributed by atoms with Gasteiger partial charge in [0.25, 0.3) is 0 Å². The Morgan fingerprint density at radius 1 is 0.850 bits per heavy atom. The number of hydrogen-bond donors (Lipinski definition) is 0. The molecule has 1 aromatic heterocycles. The summed E-state index contributed by atoms with van der Waals surface area (Å²) < 4.78 is 0. The Kier molecular flexibility index (Phi) is 12.4. The molecule has 0 spiro atoms. The van der Waals surface area contributed by atoms with Crippen LogP contribution in [0.2, 0.25) is 0 Å². The van der Waals surface area contributed by atoms with Crippen molar-refractivity contribution in [1.82, 2.24) is 4.98 Å². The predicted molar refractivity (Wildman–Crippen MR) is 91.2 cm³/mol. The Balaban J connectivity index is 0. The molecule has 20 heavy (non-hydrogen) atoms. The summed E-state index contributed by atoms with van der Waals surface area (Å²) in [6.45, 7) is 20.1. The highest BCUT2D eigenvalue weighted by Crippen LogP contribution is 2.21. The molecule has 2 aromatic rings. The monoisotopic (exact) mass is 272 g/mol. The largest absolute Gasteiger partial charge is 0.320 e. The minimum atomic E-state index is 1.12. The predicted octanol–water partition coefficient (Wildman–Crippen LogP) is 5.75. The van der Waals surface area contributed by atoms with Crippen LogP contribution in [-0.2, 0) is 0 Å². The van der Waals surface area contributed by atoms with Crippen molar-refractivity contribution in [2.24, 2.45) is 0 Å². The lowest BCUT2D eigenvalue weighted by Gasteiger charge is -2.07. The first-order valence-electron chi connectivity index (χ1n) is 7.20. The van der Waals surface area contributed by atoms with E-state index in [4.69, 9.17) is 6.57 Å². The Morgan fingerprint density at radius 2 is 1.25 bits per heavy atom. The van der Waals surface area contributed by atoms with Crippen molar-refractivity contribution < 1.29 is 0 Å². The van der Waals surface area contributed by atoms with Gasteiger partial charge in [0.05, 0.1) is 0 Å². The van der Waals surface area contributed by atoms with E-state index in [1.54, 1.807) is 0 Å². The van der Waals surface area contributed by atoms with E-state index in [-0.39, 0.29) is 0 Å². The Labute approximate surface area is 124 Å². The molecule has 0 amide bonds. The molecule has 0 N–H and O–H groups in total. The van der Waals surface area contributed by atoms with Crippen LogP contribution in [0.5, 0.6) is 0 Å². The third kappa shape index (κ3) is 5.84. The summed E-state index contributed by atoms with van der Waals surface area (Å²) in [7, 11) is 1.42. The molecule has 0 aliphatic rings. The minimum absolute atomic E-state index is 1.12. The minimum Gasteiger partial charge on any atom is -0.320 e. The van der Waals surface area contributed by atoms with Crippen LogP contribution in [0.1, 0.15) is 44.6 Å². The van der Waals surface area contributed by atoms with Gasteiger partial charge in [-0.15, -0.1) is 0 Å². The summed E-state index contributed by atoms with van der Waals surface area (Å²) >= 11 is 0. The van der Waals surface area contributed by atoms with E-state index in [2.05, 4.69) is 54.9 Å². The van der Waals surface area contributed by atoms with Gasteiger partial charge in [0.15, 0.2) is 0 Å². The number of aryl methyl sites for hydroxylation is 3. The van der Waals surface area contributed by atoms with Crippen molar-refractivity contribution in [3.63, 3.8) is 0 Å². The molecule has 2 rings (SSSR count). The zero-order valence-electron chi connectivity index (χ0n) is 14.2. The third-order valence-corrected chi connectivity index (χ3v) is 2.60. The van der Waals surface area contributed by atoms with Gasteiger partial charge in [0.2, 0.25) is 7.05 Å². The summed E-state index contributed by atoms with van der Waals surface area (Å²) in [5.74, 6) is 0. The molecular weight excluding hydrogens is 244 g/mol. The van der Waals surface area contributed by atoms with Crippen LogP contribution >= 0.6 is 0 Å². The van der Waals surface area contributed by atoms with Crippen molar-refractivity contribution in [3.05, 3.63) is 52.6 Å². The Bertz CT molecular complexity index is 537. The molecule has 1 aromatic carbocycles. The van der Waals surface area contributed by atoms with E-state index in [0.29, 0.717) is 0 Å². The zero-order valence-corrected chi connectivity index (χ0v) is 14.2. The fourth-order valence-corrected chi connectivity index (χ4v) is 1.72. The highest BCUT2D eigenvalue weighted by atomic mass is 14.7. The van der Waals surface area contributed by atoms with Gasteiger partial charge >= 0.3 is 0 Å². The lowest BCUT2D eigenvalue weighted by molar-refractivity contribution is 1.12. The first-order valence-corrected chi connectivity index (χ1v) is 7.20. The van der Waals surface area contributed by atoms with Crippen molar-refractivity contribution in [3.8, 4) is 0 Å². The van der Waals surface area contributed by atoms with E-state index < -0.39 is 0 Å². The highest BCUT2D eigenvalue weighted by Gasteiger charge is 2.03. The average molecular weight is 272 g/mol. The van der Waals surface area contributed by atoms with Crippen molar-refractivity contribution in [1.29, 1.82) is 0 Å². The molecule has 110 valence electrons. The fourth-order valence-electron chi connectivity index (χ4n) is 1.72. The number of nitrogens with zero attached hydrogens (tertiary/aromatic N) is 2. The summed E-state index contributed by atoms with van der Waals surface area (Å²) in [5.41, 5.74) is 3.55. The van der Waals surface area contributed by atoms with Crippen molar-refractivity contribution in [2.75, 3.05) is 7.05 Å². The van der Waals surface area contributed by atoms with Gasteiger partial charge in [-0.25, -0.2) is 6.57 Å². The van der Waals surface area contributed by atoms with E-state index >= 15 is 0 Å². The molecule has 0 radical (unpaired) electrons. The normalized spacial score (nSPS) is 7.95. The molecule has 0 bridgehead atoms. The van der Waals surface area contributed by atoms with E-state index in [1.807, 2.05) is 27.7 Å². The van der Waals surface area contributed by atoms with Crippen LogP contribution in [0.3, 0.4) is 0 Å². The molecule has 1 heterocycles. The quantitative estimate of drug-likeness (QED) is 0.558. The topological polar surface area (TPSA) is 17.2 Å². The Hall–Kier alpha value is -1.88. The van der Waals surface area contributed by atoms with Gasteiger partial charge in [0.1, 0.15) is 0 Å². The molecule has 0 unspecified atom stereocenters. The summed E-state index contributed by atoms with van der Waals surface area (Å²) in [5, 5.41) is 2.60. The molecule has 0 saturated heterocycles.